The van der Waals surface area contributed by atoms with E-state index in [4.69, 9.17) is 0 Å². The maximum absolute atomic E-state index is 13.0. The van der Waals surface area contributed by atoms with Gasteiger partial charge in [0.2, 0.25) is 5.91 Å². The molecule has 0 radical (unpaired) electrons. The number of rotatable bonds is 20. The van der Waals surface area contributed by atoms with Crippen LogP contribution >= 0.6 is 25.3 Å². The van der Waals surface area contributed by atoms with Gasteiger partial charge in [-0.05, 0) is 63.4 Å². The highest BCUT2D eigenvalue weighted by molar-refractivity contribution is 7.80. The topological polar surface area (TPSA) is 108 Å². The van der Waals surface area contributed by atoms with Crippen LogP contribution in [0.1, 0.15) is 64.4 Å². The Morgan fingerprint density at radius 3 is 2.06 bits per heavy atom. The van der Waals surface area contributed by atoms with Crippen LogP contribution in [0.2, 0.25) is 0 Å². The monoisotopic (exact) mass is 525 g/mol. The summed E-state index contributed by atoms with van der Waals surface area (Å²) >= 11 is 8.47. The van der Waals surface area contributed by atoms with Gasteiger partial charge in [-0.1, -0.05) is 38.3 Å². The van der Waals surface area contributed by atoms with Crippen LogP contribution in [0.4, 0.5) is 0 Å². The molecule has 9 heteroatoms. The van der Waals surface area contributed by atoms with E-state index in [9.17, 15) is 19.5 Å². The Labute approximate surface area is 221 Å². The van der Waals surface area contributed by atoms with E-state index in [0.29, 0.717) is 30.9 Å². The molecule has 2 unspecified atom stereocenters. The molecule has 0 aliphatic carbocycles. The van der Waals surface area contributed by atoms with E-state index in [2.05, 4.69) is 41.2 Å². The van der Waals surface area contributed by atoms with E-state index in [-0.39, 0.29) is 29.3 Å². The molecule has 1 amide bonds. The van der Waals surface area contributed by atoms with Crippen LogP contribution < -0.4 is 16.0 Å². The van der Waals surface area contributed by atoms with Crippen LogP contribution in [0.3, 0.4) is 0 Å². The minimum atomic E-state index is -0.619. The highest BCUT2D eigenvalue weighted by Crippen LogP contribution is 2.14. The molecule has 0 saturated carbocycles. The van der Waals surface area contributed by atoms with Gasteiger partial charge < -0.3 is 21.1 Å². The molecule has 0 heterocycles. The number of amides is 1. The van der Waals surface area contributed by atoms with Crippen LogP contribution in [-0.2, 0) is 20.8 Å². The van der Waals surface area contributed by atoms with Gasteiger partial charge in [-0.15, -0.1) is 0 Å². The van der Waals surface area contributed by atoms with Crippen molar-refractivity contribution >= 4 is 42.7 Å². The Morgan fingerprint density at radius 2 is 1.46 bits per heavy atom. The molecule has 1 aromatic carbocycles. The number of phenolic OH excluding ortho intramolecular Hbond substituents is 1. The molecule has 198 valence electrons. The van der Waals surface area contributed by atoms with Crippen molar-refractivity contribution in [2.24, 2.45) is 0 Å². The first-order valence-corrected chi connectivity index (χ1v) is 13.9. The van der Waals surface area contributed by atoms with Gasteiger partial charge in [0.1, 0.15) is 11.5 Å². The number of nitrogens with one attached hydrogen (secondary N) is 3. The molecule has 0 spiro atoms. The van der Waals surface area contributed by atoms with Crippen LogP contribution in [0.15, 0.2) is 24.3 Å². The first-order valence-electron chi connectivity index (χ1n) is 12.6. The third-order valence-electron chi connectivity index (χ3n) is 5.89. The summed E-state index contributed by atoms with van der Waals surface area (Å²) in [5, 5.41) is 18.9. The van der Waals surface area contributed by atoms with Gasteiger partial charge in [-0.25, -0.2) is 0 Å². The lowest BCUT2D eigenvalue weighted by Gasteiger charge is -2.22. The predicted octanol–water partition coefficient (Wildman–Crippen LogP) is 3.10. The van der Waals surface area contributed by atoms with E-state index in [1.165, 1.54) is 0 Å². The van der Waals surface area contributed by atoms with Gasteiger partial charge in [0.05, 0.1) is 18.1 Å². The summed E-state index contributed by atoms with van der Waals surface area (Å²) in [4.78, 5) is 37.2. The van der Waals surface area contributed by atoms with Crippen molar-refractivity contribution in [3.05, 3.63) is 29.8 Å². The lowest BCUT2D eigenvalue weighted by molar-refractivity contribution is -0.128. The second-order valence-electron chi connectivity index (χ2n) is 8.91. The average molecular weight is 526 g/mol. The third-order valence-corrected chi connectivity index (χ3v) is 6.62. The molecule has 0 aliphatic heterocycles. The zero-order valence-electron chi connectivity index (χ0n) is 21.1. The van der Waals surface area contributed by atoms with Crippen LogP contribution in [0.5, 0.6) is 5.75 Å². The van der Waals surface area contributed by atoms with Gasteiger partial charge in [0.15, 0.2) is 5.78 Å². The molecule has 0 bridgehead atoms. The predicted molar refractivity (Wildman–Crippen MR) is 149 cm³/mol. The minimum Gasteiger partial charge on any atom is -0.508 e. The largest absolute Gasteiger partial charge is 0.508 e. The molecule has 0 aromatic heterocycles. The summed E-state index contributed by atoms with van der Waals surface area (Å²) in [6.45, 7) is 5.08. The highest BCUT2D eigenvalue weighted by atomic mass is 32.1. The summed E-state index contributed by atoms with van der Waals surface area (Å²) in [6.07, 6.45) is 6.40. The number of phenols is 1. The number of ketones is 2. The van der Waals surface area contributed by atoms with Crippen molar-refractivity contribution < 1.29 is 19.5 Å². The molecule has 1 rings (SSSR count). The van der Waals surface area contributed by atoms with E-state index >= 15 is 0 Å². The number of hydrogen-bond donors (Lipinski definition) is 6. The van der Waals surface area contributed by atoms with E-state index in [0.717, 1.165) is 50.6 Å². The number of benzene rings is 1. The fourth-order valence-electron chi connectivity index (χ4n) is 3.69. The molecule has 4 N–H and O–H groups in total. The smallest absolute Gasteiger partial charge is 0.238 e. The summed E-state index contributed by atoms with van der Waals surface area (Å²) in [5.41, 5.74) is 0.878. The summed E-state index contributed by atoms with van der Waals surface area (Å²) in [6, 6.07) is 5.45. The third kappa shape index (κ3) is 13.4. The Balaban J connectivity index is 2.53. The van der Waals surface area contributed by atoms with Gasteiger partial charge in [-0.2, -0.15) is 25.3 Å². The average Bonchev–Trinajstić information content (AvgIpc) is 2.84. The van der Waals surface area contributed by atoms with Crippen molar-refractivity contribution in [3.8, 4) is 5.75 Å². The molecular formula is C26H43N3O4S2. The molecule has 0 fully saturated rings. The van der Waals surface area contributed by atoms with Crippen molar-refractivity contribution in [2.45, 2.75) is 83.3 Å². The number of unbranched alkanes of at least 4 members (excludes halogenated alkanes) is 4. The van der Waals surface area contributed by atoms with Gasteiger partial charge >= 0.3 is 0 Å². The molecule has 1 aromatic rings. The minimum absolute atomic E-state index is 0.0135. The van der Waals surface area contributed by atoms with Gasteiger partial charge in [-0.3, -0.25) is 14.4 Å². The Kier molecular flexibility index (Phi) is 16.8. The SMILES string of the molecule is CCCNC(CS)C(=O)N[C@@H](Cc1ccc(O)cc1)C(=O)CCCCCCCNC(CS)C(C)=O. The lowest BCUT2D eigenvalue weighted by atomic mass is 9.97. The van der Waals surface area contributed by atoms with Crippen molar-refractivity contribution in [3.63, 3.8) is 0 Å². The second kappa shape index (κ2) is 18.7. The number of Topliss-reactive ketones (excluding diaryl/α,β-unsaturated/α-hetero) is 2. The van der Waals surface area contributed by atoms with Crippen LogP contribution in [0, 0.1) is 0 Å². The maximum Gasteiger partial charge on any atom is 0.238 e. The summed E-state index contributed by atoms with van der Waals surface area (Å²) in [5.74, 6) is 0.916. The molecule has 7 nitrogen and oxygen atoms in total. The maximum atomic E-state index is 13.0. The van der Waals surface area contributed by atoms with E-state index < -0.39 is 12.1 Å². The number of hydrogen-bond acceptors (Lipinski definition) is 8. The van der Waals surface area contributed by atoms with E-state index in [1.807, 2.05) is 6.92 Å². The fraction of sp³-hybridized carbons (Fsp3) is 0.654. The van der Waals surface area contributed by atoms with Gasteiger partial charge in [0.25, 0.3) is 0 Å². The fourth-order valence-corrected chi connectivity index (χ4v) is 4.37. The number of thiol groups is 2. The number of carbonyl (C=O) groups is 3. The Morgan fingerprint density at radius 1 is 0.857 bits per heavy atom. The number of carbonyl (C=O) groups excluding carboxylic acids is 3. The molecule has 0 saturated heterocycles. The second-order valence-corrected chi connectivity index (χ2v) is 9.64. The van der Waals surface area contributed by atoms with E-state index in [1.54, 1.807) is 31.2 Å². The zero-order chi connectivity index (χ0) is 26.1. The standard InChI is InChI=1S/C26H43N3O4S2/c1-3-14-27-24(18-35)26(33)29-22(16-20-10-12-21(31)13-11-20)25(32)9-7-5-4-6-8-15-28-23(17-34)19(2)30/h10-13,22-24,27-28,31,34-35H,3-9,14-18H2,1-2H3,(H,29,33)/t22-,23?,24?/m0/s1. The normalized spacial score (nSPS) is 13.7. The first kappa shape index (κ1) is 31.5. The molecular weight excluding hydrogens is 482 g/mol. The number of aromatic hydroxyl groups is 1. The zero-order valence-corrected chi connectivity index (χ0v) is 22.9. The molecule has 3 atom stereocenters. The molecule has 0 aliphatic rings. The van der Waals surface area contributed by atoms with Crippen LogP contribution in [0.25, 0.3) is 0 Å². The lowest BCUT2D eigenvalue weighted by Crippen LogP contribution is -2.51. The quantitative estimate of drug-likeness (QED) is 0.115. The van der Waals surface area contributed by atoms with Crippen LogP contribution in [-0.4, -0.2) is 65.3 Å². The molecule has 35 heavy (non-hydrogen) atoms. The van der Waals surface area contributed by atoms with Gasteiger partial charge in [0, 0.05) is 17.9 Å². The van der Waals surface area contributed by atoms with Crippen molar-refractivity contribution in [2.75, 3.05) is 24.6 Å². The van der Waals surface area contributed by atoms with Crippen molar-refractivity contribution in [1.29, 1.82) is 0 Å². The summed E-state index contributed by atoms with van der Waals surface area (Å²) < 4.78 is 0. The Hall–Kier alpha value is -1.55. The first-order chi connectivity index (χ1) is 16.8. The Bertz CT molecular complexity index is 761. The highest BCUT2D eigenvalue weighted by Gasteiger charge is 2.24. The van der Waals surface area contributed by atoms with Crippen molar-refractivity contribution in [1.82, 2.24) is 16.0 Å². The summed E-state index contributed by atoms with van der Waals surface area (Å²) in [7, 11) is 0.